The van der Waals surface area contributed by atoms with E-state index in [-0.39, 0.29) is 6.17 Å². The highest BCUT2D eigenvalue weighted by molar-refractivity contribution is 5.71. The number of nitrogens with zero attached hydrogens (tertiary/aromatic N) is 1. The number of hydrogen-bond donors (Lipinski definition) is 3. The van der Waals surface area contributed by atoms with E-state index in [9.17, 15) is 5.21 Å². The van der Waals surface area contributed by atoms with E-state index in [1.807, 2.05) is 0 Å². The summed E-state index contributed by atoms with van der Waals surface area (Å²) in [5, 5.41) is 13.3. The van der Waals surface area contributed by atoms with E-state index in [1.54, 1.807) is 7.11 Å². The Morgan fingerprint density at radius 2 is 1.70 bits per heavy atom. The largest absolute Gasteiger partial charge is 0.383 e. The molecule has 1 saturated carbocycles. The third-order valence-corrected chi connectivity index (χ3v) is 7.56. The molecule has 0 aliphatic heterocycles. The quantitative estimate of drug-likeness (QED) is 0.176. The van der Waals surface area contributed by atoms with Gasteiger partial charge >= 0.3 is 0 Å². The van der Waals surface area contributed by atoms with Crippen molar-refractivity contribution < 1.29 is 9.94 Å². The summed E-state index contributed by atoms with van der Waals surface area (Å²) < 4.78 is 5.50. The summed E-state index contributed by atoms with van der Waals surface area (Å²) in [6, 6.07) is 25.8. The molecule has 0 spiro atoms. The number of methoxy groups -OCH3 is 1. The van der Waals surface area contributed by atoms with E-state index in [1.165, 1.54) is 34.4 Å². The van der Waals surface area contributed by atoms with Crippen LogP contribution in [0.15, 0.2) is 78.4 Å². The summed E-state index contributed by atoms with van der Waals surface area (Å²) in [7, 11) is 1.76. The van der Waals surface area contributed by atoms with Gasteiger partial charge in [0.05, 0.1) is 18.5 Å². The smallest absolute Gasteiger partial charge is 0.0962 e. The van der Waals surface area contributed by atoms with Crippen LogP contribution < -0.4 is 15.7 Å². The van der Waals surface area contributed by atoms with Crippen LogP contribution in [0.1, 0.15) is 63.5 Å². The number of anilines is 2. The average Bonchev–Trinajstić information content (AvgIpc) is 2.91. The first-order valence-electron chi connectivity index (χ1n) is 13.5. The molecule has 1 aliphatic rings. The van der Waals surface area contributed by atoms with Crippen LogP contribution >= 0.6 is 0 Å². The minimum Gasteiger partial charge on any atom is -0.383 e. The van der Waals surface area contributed by atoms with Crippen LogP contribution in [0.2, 0.25) is 0 Å². The Hall–Kier alpha value is -3.28. The standard InChI is InChI=1S/C32H41N3O2/c1-5-23(2)30-22-28(25-10-7-6-8-11-25)16-19-31(30)35(20-21-37-4)24(3)33-29-17-14-27(15-18-29)32(34-36)26-12-9-13-26/h6-8,10-11,14-19,22-24,33-34,36H,5,9,12-13,20-21H2,1-4H3. The predicted octanol–water partition coefficient (Wildman–Crippen LogP) is 7.65. The Morgan fingerprint density at radius 1 is 0.973 bits per heavy atom. The maximum Gasteiger partial charge on any atom is 0.0962 e. The molecule has 5 nitrogen and oxygen atoms in total. The molecule has 2 unspecified atom stereocenters. The van der Waals surface area contributed by atoms with E-state index >= 15 is 0 Å². The second-order valence-electron chi connectivity index (χ2n) is 9.98. The fourth-order valence-electron chi connectivity index (χ4n) is 4.96. The fourth-order valence-corrected chi connectivity index (χ4v) is 4.96. The van der Waals surface area contributed by atoms with Crippen LogP contribution in [-0.4, -0.2) is 31.6 Å². The highest BCUT2D eigenvalue weighted by Crippen LogP contribution is 2.35. The minimum absolute atomic E-state index is 0.0480. The molecular formula is C32H41N3O2. The van der Waals surface area contributed by atoms with Gasteiger partial charge in [-0.3, -0.25) is 10.7 Å². The Bertz CT molecular complexity index is 1170. The molecule has 4 rings (SSSR count). The maximum absolute atomic E-state index is 9.65. The lowest BCUT2D eigenvalue weighted by Gasteiger charge is -2.35. The number of benzene rings is 3. The Kier molecular flexibility index (Phi) is 9.26. The summed E-state index contributed by atoms with van der Waals surface area (Å²) in [6.45, 7) is 8.18. The molecule has 1 aliphatic carbocycles. The van der Waals surface area contributed by atoms with E-state index in [0.717, 1.165) is 42.8 Å². The van der Waals surface area contributed by atoms with Crippen molar-refractivity contribution in [3.63, 3.8) is 0 Å². The molecule has 196 valence electrons. The molecule has 37 heavy (non-hydrogen) atoms. The minimum atomic E-state index is 0.0480. The first-order valence-corrected chi connectivity index (χ1v) is 13.5. The zero-order valence-corrected chi connectivity index (χ0v) is 22.6. The Morgan fingerprint density at radius 3 is 2.30 bits per heavy atom. The first kappa shape index (κ1) is 26.8. The number of allylic oxidation sites excluding steroid dienone is 1. The van der Waals surface area contributed by atoms with E-state index < -0.39 is 0 Å². The van der Waals surface area contributed by atoms with Crippen LogP contribution in [0.4, 0.5) is 11.4 Å². The topological polar surface area (TPSA) is 56.8 Å². The summed E-state index contributed by atoms with van der Waals surface area (Å²) in [4.78, 5) is 2.41. The van der Waals surface area contributed by atoms with Crippen LogP contribution in [0.3, 0.4) is 0 Å². The molecule has 0 heterocycles. The predicted molar refractivity (Wildman–Crippen MR) is 155 cm³/mol. The second-order valence-corrected chi connectivity index (χ2v) is 9.98. The number of hydrogen-bond acceptors (Lipinski definition) is 5. The van der Waals surface area contributed by atoms with Crippen LogP contribution in [0.25, 0.3) is 16.8 Å². The average molecular weight is 500 g/mol. The van der Waals surface area contributed by atoms with E-state index in [0.29, 0.717) is 12.5 Å². The number of ether oxygens (including phenoxy) is 1. The van der Waals surface area contributed by atoms with Gasteiger partial charge in [0.25, 0.3) is 0 Å². The van der Waals surface area contributed by atoms with Gasteiger partial charge in [-0.05, 0) is 90.6 Å². The second kappa shape index (κ2) is 12.8. The normalized spacial score (nSPS) is 14.5. The zero-order valence-electron chi connectivity index (χ0n) is 22.6. The third kappa shape index (κ3) is 6.35. The fraction of sp³-hybridized carbons (Fsp3) is 0.375. The lowest BCUT2D eigenvalue weighted by atomic mass is 9.88. The number of hydroxylamine groups is 1. The van der Waals surface area contributed by atoms with Gasteiger partial charge in [0.1, 0.15) is 0 Å². The van der Waals surface area contributed by atoms with Gasteiger partial charge in [0.2, 0.25) is 0 Å². The van der Waals surface area contributed by atoms with Gasteiger partial charge in [-0.2, -0.15) is 0 Å². The molecule has 0 radical (unpaired) electrons. The van der Waals surface area contributed by atoms with Gasteiger partial charge in [0.15, 0.2) is 0 Å². The van der Waals surface area contributed by atoms with Crippen molar-refractivity contribution >= 4 is 17.1 Å². The SMILES string of the molecule is CCC(C)c1cc(-c2ccccc2)ccc1N(CCOC)C(C)Nc1ccc(C(NO)=C2CCC2)cc1. The van der Waals surface area contributed by atoms with Crippen molar-refractivity contribution in [1.82, 2.24) is 5.48 Å². The van der Waals surface area contributed by atoms with Crippen LogP contribution in [0.5, 0.6) is 0 Å². The lowest BCUT2D eigenvalue weighted by Crippen LogP contribution is -2.41. The molecular weight excluding hydrogens is 458 g/mol. The zero-order chi connectivity index (χ0) is 26.2. The first-order chi connectivity index (χ1) is 18.0. The van der Waals surface area contributed by atoms with Crippen molar-refractivity contribution in [2.75, 3.05) is 30.5 Å². The molecule has 0 bridgehead atoms. The Labute approximate surface area is 222 Å². The summed E-state index contributed by atoms with van der Waals surface area (Å²) in [5.74, 6) is 0.430. The van der Waals surface area contributed by atoms with Crippen molar-refractivity contribution in [2.45, 2.75) is 58.5 Å². The van der Waals surface area contributed by atoms with Gasteiger partial charge < -0.3 is 15.0 Å². The highest BCUT2D eigenvalue weighted by atomic mass is 16.5. The van der Waals surface area contributed by atoms with Crippen LogP contribution in [-0.2, 0) is 4.74 Å². The van der Waals surface area contributed by atoms with Gasteiger partial charge in [0, 0.05) is 25.0 Å². The Balaban J connectivity index is 1.60. The maximum atomic E-state index is 9.65. The molecule has 0 amide bonds. The van der Waals surface area contributed by atoms with Gasteiger partial charge in [-0.15, -0.1) is 0 Å². The van der Waals surface area contributed by atoms with Gasteiger partial charge in [-0.25, -0.2) is 0 Å². The lowest BCUT2D eigenvalue weighted by molar-refractivity contribution is 0.204. The number of nitrogens with one attached hydrogen (secondary N) is 2. The monoisotopic (exact) mass is 499 g/mol. The molecule has 0 aromatic heterocycles. The molecule has 3 aromatic rings. The molecule has 0 saturated heterocycles. The summed E-state index contributed by atoms with van der Waals surface area (Å²) >= 11 is 0. The highest BCUT2D eigenvalue weighted by Gasteiger charge is 2.21. The summed E-state index contributed by atoms with van der Waals surface area (Å²) in [6.07, 6.45) is 4.42. The molecule has 2 atom stereocenters. The van der Waals surface area contributed by atoms with E-state index in [2.05, 4.69) is 109 Å². The van der Waals surface area contributed by atoms with Crippen molar-refractivity contribution in [2.24, 2.45) is 0 Å². The van der Waals surface area contributed by atoms with Gasteiger partial charge in [-0.1, -0.05) is 62.4 Å². The molecule has 3 N–H and O–H groups in total. The van der Waals surface area contributed by atoms with Crippen molar-refractivity contribution in [3.05, 3.63) is 89.5 Å². The molecule has 1 fully saturated rings. The van der Waals surface area contributed by atoms with Crippen LogP contribution in [0, 0.1) is 0 Å². The van der Waals surface area contributed by atoms with E-state index in [4.69, 9.17) is 4.74 Å². The molecule has 3 aromatic carbocycles. The molecule has 5 heteroatoms. The van der Waals surface area contributed by atoms with Crippen molar-refractivity contribution in [3.8, 4) is 11.1 Å². The summed E-state index contributed by atoms with van der Waals surface area (Å²) in [5.41, 5.74) is 11.7. The third-order valence-electron chi connectivity index (χ3n) is 7.56. The number of rotatable bonds is 12. The van der Waals surface area contributed by atoms with Crippen molar-refractivity contribution in [1.29, 1.82) is 0 Å².